The van der Waals surface area contributed by atoms with Gasteiger partial charge in [-0.2, -0.15) is 0 Å². The molecule has 0 unspecified atom stereocenters. The summed E-state index contributed by atoms with van der Waals surface area (Å²) in [6, 6.07) is 1.67. The average molecular weight is 307 g/mol. The molecule has 8 heteroatoms. The molecule has 0 aliphatic carbocycles. The van der Waals surface area contributed by atoms with Gasteiger partial charge in [-0.05, 0) is 44.8 Å². The summed E-state index contributed by atoms with van der Waals surface area (Å²) in [5, 5.41) is 3.11. The lowest BCUT2D eigenvalue weighted by atomic mass is 9.99. The molecule has 0 saturated carbocycles. The van der Waals surface area contributed by atoms with E-state index in [1.165, 1.54) is 6.20 Å². The highest BCUT2D eigenvalue weighted by molar-refractivity contribution is 7.89. The summed E-state index contributed by atoms with van der Waals surface area (Å²) >= 11 is 0. The van der Waals surface area contributed by atoms with Crippen LogP contribution in [0.4, 0.5) is 0 Å². The van der Waals surface area contributed by atoms with Crippen LogP contribution in [-0.2, 0) is 10.0 Å². The van der Waals surface area contributed by atoms with Crippen LogP contribution in [0.3, 0.4) is 0 Å². The number of piperidine rings is 1. The zero-order valence-electron chi connectivity index (χ0n) is 10.8. The number of hydrogen-bond donors (Lipinski definition) is 2. The molecule has 1 saturated heterocycles. The van der Waals surface area contributed by atoms with Gasteiger partial charge in [0.1, 0.15) is 0 Å². The quantitative estimate of drug-likeness (QED) is 0.791. The van der Waals surface area contributed by atoms with Crippen molar-refractivity contribution in [3.05, 3.63) is 18.0 Å². The largest absolute Gasteiger partial charge is 0.317 e. The lowest BCUT2D eigenvalue weighted by Crippen LogP contribution is -2.36. The third-order valence-corrected chi connectivity index (χ3v) is 4.26. The molecular formula is C11H19ClN4O2S. The van der Waals surface area contributed by atoms with Crippen molar-refractivity contribution < 1.29 is 8.42 Å². The Labute approximate surface area is 119 Å². The van der Waals surface area contributed by atoms with Gasteiger partial charge in [-0.3, -0.25) is 0 Å². The van der Waals surface area contributed by atoms with Gasteiger partial charge in [0.15, 0.2) is 0 Å². The fourth-order valence-corrected chi connectivity index (χ4v) is 2.98. The molecule has 0 bridgehead atoms. The third-order valence-electron chi connectivity index (χ3n) is 3.03. The van der Waals surface area contributed by atoms with Gasteiger partial charge >= 0.3 is 0 Å². The topological polar surface area (TPSA) is 84.0 Å². The first kappa shape index (κ1) is 16.3. The SMILES string of the molecule is Cc1ccnc(S(=O)(=O)NCC2CCNCC2)n1.Cl. The lowest BCUT2D eigenvalue weighted by molar-refractivity contribution is 0.372. The van der Waals surface area contributed by atoms with Crippen LogP contribution in [0.1, 0.15) is 18.5 Å². The van der Waals surface area contributed by atoms with Crippen LogP contribution < -0.4 is 10.0 Å². The predicted molar refractivity (Wildman–Crippen MR) is 74.8 cm³/mol. The van der Waals surface area contributed by atoms with Gasteiger partial charge in [0.05, 0.1) is 0 Å². The second kappa shape index (κ2) is 7.14. The maximum absolute atomic E-state index is 12.0. The van der Waals surface area contributed by atoms with Gasteiger partial charge in [-0.1, -0.05) is 0 Å². The molecule has 0 radical (unpaired) electrons. The molecule has 1 aromatic heterocycles. The van der Waals surface area contributed by atoms with Gasteiger partial charge < -0.3 is 5.32 Å². The Bertz CT molecular complexity index is 503. The van der Waals surface area contributed by atoms with Crippen molar-refractivity contribution in [2.75, 3.05) is 19.6 Å². The van der Waals surface area contributed by atoms with E-state index < -0.39 is 10.0 Å². The minimum Gasteiger partial charge on any atom is -0.317 e. The van der Waals surface area contributed by atoms with Gasteiger partial charge in [-0.15, -0.1) is 12.4 Å². The Morgan fingerprint density at radius 3 is 2.74 bits per heavy atom. The van der Waals surface area contributed by atoms with E-state index in [9.17, 15) is 8.42 Å². The maximum Gasteiger partial charge on any atom is 0.276 e. The van der Waals surface area contributed by atoms with E-state index in [1.807, 2.05) is 0 Å². The smallest absolute Gasteiger partial charge is 0.276 e. The minimum absolute atomic E-state index is 0. The second-order valence-electron chi connectivity index (χ2n) is 4.53. The normalized spacial score (nSPS) is 16.9. The van der Waals surface area contributed by atoms with Crippen LogP contribution in [0.2, 0.25) is 0 Å². The third kappa shape index (κ3) is 4.68. The fraction of sp³-hybridized carbons (Fsp3) is 0.636. The molecular weight excluding hydrogens is 288 g/mol. The van der Waals surface area contributed by atoms with Crippen LogP contribution >= 0.6 is 12.4 Å². The summed E-state index contributed by atoms with van der Waals surface area (Å²) in [5.41, 5.74) is 0.646. The number of halogens is 1. The van der Waals surface area contributed by atoms with E-state index in [0.717, 1.165) is 25.9 Å². The first-order valence-corrected chi connectivity index (χ1v) is 7.56. The van der Waals surface area contributed by atoms with Crippen molar-refractivity contribution in [1.82, 2.24) is 20.0 Å². The molecule has 0 atom stereocenters. The number of sulfonamides is 1. The number of hydrogen-bond acceptors (Lipinski definition) is 5. The summed E-state index contributed by atoms with van der Waals surface area (Å²) in [7, 11) is -3.57. The molecule has 2 rings (SSSR count). The van der Waals surface area contributed by atoms with Crippen LogP contribution in [0.25, 0.3) is 0 Å². The van der Waals surface area contributed by atoms with Crippen molar-refractivity contribution in [3.63, 3.8) is 0 Å². The summed E-state index contributed by atoms with van der Waals surface area (Å²) in [4.78, 5) is 7.74. The van der Waals surface area contributed by atoms with Crippen molar-refractivity contribution in [1.29, 1.82) is 0 Å². The first-order chi connectivity index (χ1) is 8.58. The molecule has 1 fully saturated rings. The summed E-state index contributed by atoms with van der Waals surface area (Å²) in [6.45, 7) is 4.11. The molecule has 108 valence electrons. The number of nitrogens with zero attached hydrogens (tertiary/aromatic N) is 2. The van der Waals surface area contributed by atoms with Crippen molar-refractivity contribution in [3.8, 4) is 0 Å². The molecule has 1 aliphatic heterocycles. The highest BCUT2D eigenvalue weighted by atomic mass is 35.5. The highest BCUT2D eigenvalue weighted by Gasteiger charge is 2.20. The zero-order chi connectivity index (χ0) is 13.0. The van der Waals surface area contributed by atoms with E-state index in [-0.39, 0.29) is 17.6 Å². The molecule has 1 aromatic rings. The van der Waals surface area contributed by atoms with Crippen LogP contribution in [0.5, 0.6) is 0 Å². The molecule has 0 spiro atoms. The molecule has 2 heterocycles. The zero-order valence-corrected chi connectivity index (χ0v) is 12.4. The number of aryl methyl sites for hydroxylation is 1. The fourth-order valence-electron chi connectivity index (χ4n) is 1.93. The van der Waals surface area contributed by atoms with Gasteiger partial charge in [0, 0.05) is 18.4 Å². The monoisotopic (exact) mass is 306 g/mol. The number of nitrogens with one attached hydrogen (secondary N) is 2. The van der Waals surface area contributed by atoms with E-state index >= 15 is 0 Å². The van der Waals surface area contributed by atoms with E-state index in [1.54, 1.807) is 13.0 Å². The van der Waals surface area contributed by atoms with E-state index in [2.05, 4.69) is 20.0 Å². The summed E-state index contributed by atoms with van der Waals surface area (Å²) in [5.74, 6) is 0.394. The lowest BCUT2D eigenvalue weighted by Gasteiger charge is -2.22. The number of aromatic nitrogens is 2. The van der Waals surface area contributed by atoms with Gasteiger partial charge in [-0.25, -0.2) is 23.1 Å². The Morgan fingerprint density at radius 1 is 1.42 bits per heavy atom. The van der Waals surface area contributed by atoms with Crippen LogP contribution in [-0.4, -0.2) is 38.0 Å². The molecule has 2 N–H and O–H groups in total. The van der Waals surface area contributed by atoms with Crippen molar-refractivity contribution >= 4 is 22.4 Å². The van der Waals surface area contributed by atoms with Crippen molar-refractivity contribution in [2.45, 2.75) is 24.9 Å². The second-order valence-corrected chi connectivity index (χ2v) is 6.19. The predicted octanol–water partition coefficient (Wildman–Crippen LogP) is 0.485. The van der Waals surface area contributed by atoms with E-state index in [4.69, 9.17) is 0 Å². The highest BCUT2D eigenvalue weighted by Crippen LogP contribution is 2.11. The minimum atomic E-state index is -3.57. The Balaban J connectivity index is 0.00000180. The maximum atomic E-state index is 12.0. The Morgan fingerprint density at radius 2 is 2.11 bits per heavy atom. The Hall–Kier alpha value is -0.760. The average Bonchev–Trinajstić information content (AvgIpc) is 2.38. The molecule has 0 aromatic carbocycles. The molecule has 19 heavy (non-hydrogen) atoms. The number of rotatable bonds is 4. The van der Waals surface area contributed by atoms with Crippen molar-refractivity contribution in [2.24, 2.45) is 5.92 Å². The standard InChI is InChI=1S/C11H18N4O2S.ClH/c1-9-2-7-13-11(15-9)18(16,17)14-8-10-3-5-12-6-4-10;/h2,7,10,12,14H,3-6,8H2,1H3;1H. The Kier molecular flexibility index (Phi) is 6.12. The molecule has 6 nitrogen and oxygen atoms in total. The van der Waals surface area contributed by atoms with E-state index in [0.29, 0.717) is 18.2 Å². The van der Waals surface area contributed by atoms with Crippen LogP contribution in [0.15, 0.2) is 17.4 Å². The van der Waals surface area contributed by atoms with Crippen LogP contribution in [0, 0.1) is 12.8 Å². The first-order valence-electron chi connectivity index (χ1n) is 6.08. The van der Waals surface area contributed by atoms with Gasteiger partial charge in [0.2, 0.25) is 0 Å². The summed E-state index contributed by atoms with van der Waals surface area (Å²) in [6.07, 6.45) is 3.45. The van der Waals surface area contributed by atoms with Gasteiger partial charge in [0.25, 0.3) is 15.2 Å². The summed E-state index contributed by atoms with van der Waals surface area (Å²) < 4.78 is 26.5. The molecule has 1 aliphatic rings. The molecule has 0 amide bonds.